The van der Waals surface area contributed by atoms with Crippen LogP contribution in [0.2, 0.25) is 10.0 Å². The summed E-state index contributed by atoms with van der Waals surface area (Å²) in [7, 11) is 1.54. The van der Waals surface area contributed by atoms with Crippen molar-refractivity contribution in [2.45, 2.75) is 6.42 Å². The summed E-state index contributed by atoms with van der Waals surface area (Å²) in [6.45, 7) is 0.323. The van der Waals surface area contributed by atoms with Crippen molar-refractivity contribution >= 4 is 34.8 Å². The molecule has 0 fully saturated rings. The van der Waals surface area contributed by atoms with E-state index in [9.17, 15) is 4.79 Å². The molecule has 1 unspecified atom stereocenters. The van der Waals surface area contributed by atoms with Gasteiger partial charge < -0.3 is 14.8 Å². The highest BCUT2D eigenvalue weighted by Gasteiger charge is 2.26. The Kier molecular flexibility index (Phi) is 4.64. The van der Waals surface area contributed by atoms with Crippen molar-refractivity contribution in [3.05, 3.63) is 52.0 Å². The molecule has 1 heterocycles. The molecule has 0 aliphatic carbocycles. The number of rotatable bonds is 3. The quantitative estimate of drug-likeness (QED) is 0.901. The second kappa shape index (κ2) is 6.69. The topological polar surface area (TPSA) is 47.6 Å². The number of hydrogen-bond donors (Lipinski definition) is 1. The predicted octanol–water partition coefficient (Wildman–Crippen LogP) is 4.19. The summed E-state index contributed by atoms with van der Waals surface area (Å²) in [6, 6.07) is 10.5. The molecule has 0 saturated carbocycles. The lowest BCUT2D eigenvalue weighted by Crippen LogP contribution is -2.32. The number of nitrogens with one attached hydrogen (secondary N) is 1. The van der Waals surface area contributed by atoms with E-state index in [1.54, 1.807) is 31.4 Å². The summed E-state index contributed by atoms with van der Waals surface area (Å²) in [5.74, 6) is 0.891. The highest BCUT2D eigenvalue weighted by molar-refractivity contribution is 6.31. The van der Waals surface area contributed by atoms with Crippen molar-refractivity contribution in [1.29, 1.82) is 0 Å². The summed E-state index contributed by atoms with van der Waals surface area (Å²) in [6.07, 6.45) is 0.574. The first-order valence-corrected chi connectivity index (χ1v) is 7.88. The largest absolute Gasteiger partial charge is 0.495 e. The van der Waals surface area contributed by atoms with Crippen LogP contribution in [-0.2, 0) is 11.2 Å². The molecular weight excluding hydrogens is 337 g/mol. The number of ether oxygens (including phenoxy) is 2. The van der Waals surface area contributed by atoms with Crippen LogP contribution in [-0.4, -0.2) is 19.6 Å². The molecule has 23 heavy (non-hydrogen) atoms. The monoisotopic (exact) mass is 351 g/mol. The van der Waals surface area contributed by atoms with Crippen LogP contribution in [0.25, 0.3) is 0 Å². The van der Waals surface area contributed by atoms with Crippen molar-refractivity contribution in [1.82, 2.24) is 0 Å². The molecular formula is C17H15Cl2NO3. The maximum Gasteiger partial charge on any atom is 0.231 e. The van der Waals surface area contributed by atoms with Crippen molar-refractivity contribution in [3.8, 4) is 11.5 Å². The third kappa shape index (κ3) is 3.54. The minimum atomic E-state index is -0.301. The molecule has 1 N–H and O–H groups in total. The summed E-state index contributed by atoms with van der Waals surface area (Å²) in [5, 5.41) is 4.01. The molecule has 1 amide bonds. The highest BCUT2D eigenvalue weighted by Crippen LogP contribution is 2.32. The Balaban J connectivity index is 1.76. The first-order valence-electron chi connectivity index (χ1n) is 7.12. The normalized spacial score (nSPS) is 16.2. The van der Waals surface area contributed by atoms with Crippen LogP contribution >= 0.6 is 23.2 Å². The van der Waals surface area contributed by atoms with Crippen molar-refractivity contribution in [3.63, 3.8) is 0 Å². The summed E-state index contributed by atoms with van der Waals surface area (Å²) < 4.78 is 10.9. The number of benzene rings is 2. The van der Waals surface area contributed by atoms with E-state index in [4.69, 9.17) is 32.7 Å². The fraction of sp³-hybridized carbons (Fsp3) is 0.235. The Labute approximate surface area is 144 Å². The number of carbonyl (C=O) groups is 1. The van der Waals surface area contributed by atoms with Gasteiger partial charge in [-0.3, -0.25) is 4.79 Å². The molecule has 2 aromatic rings. The number of hydrogen-bond acceptors (Lipinski definition) is 3. The standard InChI is InChI=1S/C17H15Cl2NO3/c1-22-16-5-3-13(19)8-14(16)20-17(21)11-6-10-7-12(18)2-4-15(10)23-9-11/h2-5,7-8,11H,6,9H2,1H3,(H,20,21). The van der Waals surface area contributed by atoms with E-state index in [0.717, 1.165) is 11.3 Å². The van der Waals surface area contributed by atoms with Gasteiger partial charge in [0.2, 0.25) is 5.91 Å². The third-order valence-corrected chi connectivity index (χ3v) is 4.19. The van der Waals surface area contributed by atoms with Crippen LogP contribution in [0.4, 0.5) is 5.69 Å². The number of carbonyl (C=O) groups excluding carboxylic acids is 1. The highest BCUT2D eigenvalue weighted by atomic mass is 35.5. The maximum atomic E-state index is 12.5. The Hall–Kier alpha value is -1.91. The molecule has 0 radical (unpaired) electrons. The lowest BCUT2D eigenvalue weighted by atomic mass is 9.96. The molecule has 0 saturated heterocycles. The Morgan fingerprint density at radius 2 is 1.96 bits per heavy atom. The SMILES string of the molecule is COc1ccc(Cl)cc1NC(=O)C1COc2ccc(Cl)cc2C1. The zero-order valence-corrected chi connectivity index (χ0v) is 13.9. The molecule has 4 nitrogen and oxygen atoms in total. The van der Waals surface area contributed by atoms with Gasteiger partial charge in [0.05, 0.1) is 18.7 Å². The number of fused-ring (bicyclic) bond motifs is 1. The van der Waals surface area contributed by atoms with Crippen LogP contribution in [0.1, 0.15) is 5.56 Å². The van der Waals surface area contributed by atoms with Gasteiger partial charge in [0.1, 0.15) is 18.1 Å². The summed E-state index contributed by atoms with van der Waals surface area (Å²) in [4.78, 5) is 12.5. The second-order valence-electron chi connectivity index (χ2n) is 5.30. The van der Waals surface area contributed by atoms with Gasteiger partial charge in [-0.1, -0.05) is 23.2 Å². The van der Waals surface area contributed by atoms with Crippen molar-refractivity contribution in [2.24, 2.45) is 5.92 Å². The van der Waals surface area contributed by atoms with E-state index in [2.05, 4.69) is 5.32 Å². The molecule has 1 aliphatic heterocycles. The number of amides is 1. The fourth-order valence-electron chi connectivity index (χ4n) is 2.54. The number of methoxy groups -OCH3 is 1. The van der Waals surface area contributed by atoms with Crippen molar-refractivity contribution in [2.75, 3.05) is 19.0 Å². The third-order valence-electron chi connectivity index (χ3n) is 3.72. The van der Waals surface area contributed by atoms with E-state index in [1.807, 2.05) is 12.1 Å². The van der Waals surface area contributed by atoms with E-state index < -0.39 is 0 Å². The zero-order chi connectivity index (χ0) is 16.4. The average molecular weight is 352 g/mol. The van der Waals surface area contributed by atoms with Crippen LogP contribution < -0.4 is 14.8 Å². The average Bonchev–Trinajstić information content (AvgIpc) is 2.54. The van der Waals surface area contributed by atoms with E-state index >= 15 is 0 Å². The zero-order valence-electron chi connectivity index (χ0n) is 12.4. The van der Waals surface area contributed by atoms with Crippen LogP contribution in [0.15, 0.2) is 36.4 Å². The Morgan fingerprint density at radius 1 is 1.22 bits per heavy atom. The molecule has 120 valence electrons. The molecule has 0 bridgehead atoms. The lowest BCUT2D eigenvalue weighted by Gasteiger charge is -2.25. The van der Waals surface area contributed by atoms with E-state index in [1.165, 1.54) is 0 Å². The molecule has 3 rings (SSSR count). The molecule has 2 aromatic carbocycles. The predicted molar refractivity (Wildman–Crippen MR) is 90.8 cm³/mol. The van der Waals surface area contributed by atoms with Gasteiger partial charge >= 0.3 is 0 Å². The van der Waals surface area contributed by atoms with Gasteiger partial charge in [0, 0.05) is 10.0 Å². The summed E-state index contributed by atoms with van der Waals surface area (Å²) >= 11 is 12.0. The van der Waals surface area contributed by atoms with Crippen molar-refractivity contribution < 1.29 is 14.3 Å². The summed E-state index contributed by atoms with van der Waals surface area (Å²) in [5.41, 5.74) is 1.48. The van der Waals surface area contributed by atoms with E-state index in [-0.39, 0.29) is 11.8 Å². The Morgan fingerprint density at radius 3 is 2.74 bits per heavy atom. The minimum Gasteiger partial charge on any atom is -0.495 e. The molecule has 1 atom stereocenters. The molecule has 0 spiro atoms. The van der Waals surface area contributed by atoms with Gasteiger partial charge in [-0.05, 0) is 48.4 Å². The van der Waals surface area contributed by atoms with Gasteiger partial charge in [-0.2, -0.15) is 0 Å². The van der Waals surface area contributed by atoms with Crippen LogP contribution in [0.3, 0.4) is 0 Å². The molecule has 6 heteroatoms. The molecule has 1 aliphatic rings. The lowest BCUT2D eigenvalue weighted by molar-refractivity contribution is -0.121. The fourth-order valence-corrected chi connectivity index (χ4v) is 2.91. The first kappa shape index (κ1) is 16.0. The van der Waals surface area contributed by atoms with Gasteiger partial charge in [0.25, 0.3) is 0 Å². The molecule has 0 aromatic heterocycles. The van der Waals surface area contributed by atoms with Gasteiger partial charge in [0.15, 0.2) is 0 Å². The van der Waals surface area contributed by atoms with Crippen LogP contribution in [0.5, 0.6) is 11.5 Å². The van der Waals surface area contributed by atoms with Gasteiger partial charge in [-0.15, -0.1) is 0 Å². The van der Waals surface area contributed by atoms with Crippen LogP contribution in [0, 0.1) is 5.92 Å². The number of halogens is 2. The van der Waals surface area contributed by atoms with Gasteiger partial charge in [-0.25, -0.2) is 0 Å². The van der Waals surface area contributed by atoms with E-state index in [0.29, 0.717) is 34.5 Å². The smallest absolute Gasteiger partial charge is 0.231 e. The first-order chi connectivity index (χ1) is 11.1. The number of anilines is 1. The maximum absolute atomic E-state index is 12.5. The minimum absolute atomic E-state index is 0.142. The second-order valence-corrected chi connectivity index (χ2v) is 6.17. The Bertz CT molecular complexity index is 749.